The van der Waals surface area contributed by atoms with Crippen LogP contribution in [0.2, 0.25) is 0 Å². The van der Waals surface area contributed by atoms with Gasteiger partial charge in [0.05, 0.1) is 12.2 Å². The Labute approximate surface area is 135 Å². The third-order valence-corrected chi connectivity index (χ3v) is 4.94. The van der Waals surface area contributed by atoms with E-state index in [0.29, 0.717) is 23.0 Å². The maximum absolute atomic E-state index is 12.2. The zero-order valence-corrected chi connectivity index (χ0v) is 14.1. The first-order chi connectivity index (χ1) is 10.5. The van der Waals surface area contributed by atoms with Gasteiger partial charge in [-0.05, 0) is 18.9 Å². The van der Waals surface area contributed by atoms with Gasteiger partial charge in [-0.2, -0.15) is 0 Å². The third kappa shape index (κ3) is 3.34. The first-order valence-electron chi connectivity index (χ1n) is 6.58. The fourth-order valence-electron chi connectivity index (χ4n) is 2.09. The summed E-state index contributed by atoms with van der Waals surface area (Å²) in [5, 5.41) is 14.7. The summed E-state index contributed by atoms with van der Waals surface area (Å²) in [5.74, 6) is -1.44. The van der Waals surface area contributed by atoms with E-state index in [1.807, 2.05) is 13.8 Å². The van der Waals surface area contributed by atoms with E-state index in [4.69, 9.17) is 4.74 Å². The number of nitrogens with zero attached hydrogens (tertiary/aromatic N) is 1. The van der Waals surface area contributed by atoms with Crippen molar-refractivity contribution in [3.63, 3.8) is 0 Å². The second kappa shape index (κ2) is 6.99. The molecule has 2 aromatic rings. The first-order valence-corrected chi connectivity index (χ1v) is 8.27. The Hall–Kier alpha value is -1.77. The highest BCUT2D eigenvalue weighted by atomic mass is 32.1. The van der Waals surface area contributed by atoms with Crippen LogP contribution in [0.15, 0.2) is 5.38 Å². The number of aromatic nitrogens is 1. The summed E-state index contributed by atoms with van der Waals surface area (Å²) in [6.45, 7) is 4.09. The van der Waals surface area contributed by atoms with Gasteiger partial charge in [-0.1, -0.05) is 6.92 Å². The van der Waals surface area contributed by atoms with Gasteiger partial charge < -0.3 is 15.2 Å². The molecule has 2 N–H and O–H groups in total. The largest absolute Gasteiger partial charge is 0.478 e. The number of aromatic carboxylic acids is 1. The minimum absolute atomic E-state index is 0.172. The molecule has 0 unspecified atom stereocenters. The van der Waals surface area contributed by atoms with Gasteiger partial charge >= 0.3 is 5.97 Å². The minimum atomic E-state index is -1.03. The predicted octanol–water partition coefficient (Wildman–Crippen LogP) is 3.17. The lowest BCUT2D eigenvalue weighted by Gasteiger charge is -2.03. The van der Waals surface area contributed by atoms with E-state index in [-0.39, 0.29) is 11.3 Å². The molecule has 6 nitrogen and oxygen atoms in total. The van der Waals surface area contributed by atoms with Crippen molar-refractivity contribution in [3.8, 4) is 0 Å². The van der Waals surface area contributed by atoms with Crippen LogP contribution in [0.25, 0.3) is 0 Å². The lowest BCUT2D eigenvalue weighted by atomic mass is 10.1. The third-order valence-electron chi connectivity index (χ3n) is 3.06. The summed E-state index contributed by atoms with van der Waals surface area (Å²) in [7, 11) is 1.56. The molecule has 0 spiro atoms. The lowest BCUT2D eigenvalue weighted by Crippen LogP contribution is -2.14. The summed E-state index contributed by atoms with van der Waals surface area (Å²) < 4.78 is 4.96. The maximum atomic E-state index is 12.2. The molecule has 1 amide bonds. The summed E-state index contributed by atoms with van der Waals surface area (Å²) in [4.78, 5) is 28.7. The number of hydrogen-bond acceptors (Lipinski definition) is 6. The van der Waals surface area contributed by atoms with Gasteiger partial charge in [0.15, 0.2) is 0 Å². The van der Waals surface area contributed by atoms with Gasteiger partial charge in [-0.25, -0.2) is 9.78 Å². The van der Waals surface area contributed by atoms with E-state index in [0.717, 1.165) is 10.4 Å². The van der Waals surface area contributed by atoms with E-state index in [1.54, 1.807) is 12.5 Å². The van der Waals surface area contributed by atoms with Crippen molar-refractivity contribution in [3.05, 3.63) is 32.1 Å². The maximum Gasteiger partial charge on any atom is 0.339 e. The first kappa shape index (κ1) is 16.6. The number of amides is 1. The molecule has 2 aromatic heterocycles. The Morgan fingerprint density at radius 3 is 2.77 bits per heavy atom. The van der Waals surface area contributed by atoms with Crippen LogP contribution in [0.3, 0.4) is 0 Å². The quantitative estimate of drug-likeness (QED) is 0.843. The molecule has 0 saturated heterocycles. The molecule has 0 aromatic carbocycles. The molecule has 118 valence electrons. The zero-order chi connectivity index (χ0) is 16.3. The normalized spacial score (nSPS) is 10.7. The van der Waals surface area contributed by atoms with Crippen molar-refractivity contribution >= 4 is 39.6 Å². The minimum Gasteiger partial charge on any atom is -0.478 e. The fourth-order valence-corrected chi connectivity index (χ4v) is 3.97. The number of carbonyl (C=O) groups is 2. The van der Waals surface area contributed by atoms with Crippen LogP contribution in [-0.2, 0) is 17.8 Å². The highest BCUT2D eigenvalue weighted by Crippen LogP contribution is 2.33. The number of rotatable bonds is 6. The van der Waals surface area contributed by atoms with Crippen LogP contribution in [0.1, 0.15) is 43.2 Å². The number of carboxylic acids is 1. The van der Waals surface area contributed by atoms with Crippen molar-refractivity contribution < 1.29 is 19.4 Å². The number of aryl methyl sites for hydroxylation is 1. The van der Waals surface area contributed by atoms with Gasteiger partial charge in [0.1, 0.15) is 15.7 Å². The van der Waals surface area contributed by atoms with Crippen molar-refractivity contribution in [2.75, 3.05) is 12.4 Å². The molecule has 22 heavy (non-hydrogen) atoms. The molecule has 8 heteroatoms. The number of carbonyl (C=O) groups excluding carboxylic acids is 1. The zero-order valence-electron chi connectivity index (χ0n) is 12.4. The van der Waals surface area contributed by atoms with E-state index in [1.165, 1.54) is 22.7 Å². The van der Waals surface area contributed by atoms with Gasteiger partial charge in [0.2, 0.25) is 0 Å². The Kier molecular flexibility index (Phi) is 5.28. The van der Waals surface area contributed by atoms with Crippen molar-refractivity contribution in [2.24, 2.45) is 0 Å². The van der Waals surface area contributed by atoms with E-state index < -0.39 is 11.9 Å². The number of methoxy groups -OCH3 is 1. The standard InChI is InChI=1S/C14H16N2O4S2/c1-4-8-7(2)22-13(11(8)14(18)19)16-12(17)9-6-21-10(15-9)5-20-3/h6H,4-5H2,1-3H3,(H,16,17)(H,18,19). The van der Waals surface area contributed by atoms with Crippen molar-refractivity contribution in [1.82, 2.24) is 4.98 Å². The molecule has 2 rings (SSSR count). The molecular formula is C14H16N2O4S2. The second-order valence-corrected chi connectivity index (χ2v) is 6.68. The molecule has 2 heterocycles. The Morgan fingerprint density at radius 1 is 1.45 bits per heavy atom. The van der Waals surface area contributed by atoms with Crippen LogP contribution in [-0.4, -0.2) is 29.1 Å². The monoisotopic (exact) mass is 340 g/mol. The highest BCUT2D eigenvalue weighted by Gasteiger charge is 2.22. The van der Waals surface area contributed by atoms with Gasteiger partial charge in [-0.15, -0.1) is 22.7 Å². The molecule has 0 fully saturated rings. The number of thiophene rings is 1. The topological polar surface area (TPSA) is 88.5 Å². The average Bonchev–Trinajstić information content (AvgIpc) is 3.03. The van der Waals surface area contributed by atoms with E-state index in [9.17, 15) is 14.7 Å². The molecular weight excluding hydrogens is 324 g/mol. The molecule has 0 saturated carbocycles. The van der Waals surface area contributed by atoms with E-state index in [2.05, 4.69) is 10.3 Å². The van der Waals surface area contributed by atoms with Gasteiger partial charge in [0.25, 0.3) is 5.91 Å². The fraction of sp³-hybridized carbons (Fsp3) is 0.357. The Morgan fingerprint density at radius 2 is 2.18 bits per heavy atom. The highest BCUT2D eigenvalue weighted by molar-refractivity contribution is 7.17. The van der Waals surface area contributed by atoms with Crippen molar-refractivity contribution in [1.29, 1.82) is 0 Å². The Bertz CT molecular complexity index is 706. The van der Waals surface area contributed by atoms with Gasteiger partial charge in [-0.3, -0.25) is 4.79 Å². The number of ether oxygens (including phenoxy) is 1. The average molecular weight is 340 g/mol. The van der Waals surface area contributed by atoms with Crippen LogP contribution in [0.5, 0.6) is 0 Å². The smallest absolute Gasteiger partial charge is 0.339 e. The van der Waals surface area contributed by atoms with Crippen LogP contribution in [0.4, 0.5) is 5.00 Å². The van der Waals surface area contributed by atoms with Crippen LogP contribution >= 0.6 is 22.7 Å². The number of thiazole rings is 1. The van der Waals surface area contributed by atoms with Crippen LogP contribution < -0.4 is 5.32 Å². The molecule has 0 atom stereocenters. The second-order valence-electron chi connectivity index (χ2n) is 4.51. The number of anilines is 1. The Balaban J connectivity index is 2.26. The number of carboxylic acid groups (broad SMARTS) is 1. The SMILES string of the molecule is CCc1c(C)sc(NC(=O)c2csc(COC)n2)c1C(=O)O. The molecule has 0 aliphatic rings. The molecule has 0 aliphatic heterocycles. The van der Waals surface area contributed by atoms with Crippen molar-refractivity contribution in [2.45, 2.75) is 26.9 Å². The summed E-state index contributed by atoms with van der Waals surface area (Å²) in [5.41, 5.74) is 1.19. The van der Waals surface area contributed by atoms with Crippen LogP contribution in [0, 0.1) is 6.92 Å². The number of hydrogen-bond donors (Lipinski definition) is 2. The summed E-state index contributed by atoms with van der Waals surface area (Å²) in [6.07, 6.45) is 0.606. The molecule has 0 aliphatic carbocycles. The van der Waals surface area contributed by atoms with E-state index >= 15 is 0 Å². The summed E-state index contributed by atoms with van der Waals surface area (Å²) >= 11 is 2.60. The van der Waals surface area contributed by atoms with Gasteiger partial charge in [0, 0.05) is 17.4 Å². The number of nitrogens with one attached hydrogen (secondary N) is 1. The molecule has 0 radical (unpaired) electrons. The summed E-state index contributed by atoms with van der Waals surface area (Å²) in [6, 6.07) is 0. The lowest BCUT2D eigenvalue weighted by molar-refractivity contribution is 0.0697. The predicted molar refractivity (Wildman–Crippen MR) is 86.2 cm³/mol. The molecule has 0 bridgehead atoms.